The SMILES string of the molecule is COCCNC(=S)NC1(C)CCCOC1. The molecular formula is C10H20N2O2S. The Labute approximate surface area is 96.7 Å². The first-order valence-electron chi connectivity index (χ1n) is 5.29. The molecule has 1 fully saturated rings. The highest BCUT2D eigenvalue weighted by Crippen LogP contribution is 2.17. The summed E-state index contributed by atoms with van der Waals surface area (Å²) < 4.78 is 10.4. The standard InChI is InChI=1S/C10H20N2O2S/c1-10(4-3-6-14-8-10)12-9(15)11-5-7-13-2/h3-8H2,1-2H3,(H2,11,12,15). The maximum atomic E-state index is 5.44. The molecule has 0 aromatic carbocycles. The molecule has 1 atom stereocenters. The fourth-order valence-electron chi connectivity index (χ4n) is 1.62. The highest BCUT2D eigenvalue weighted by molar-refractivity contribution is 7.80. The van der Waals surface area contributed by atoms with Crippen LogP contribution in [0.15, 0.2) is 0 Å². The van der Waals surface area contributed by atoms with E-state index in [4.69, 9.17) is 21.7 Å². The van der Waals surface area contributed by atoms with E-state index in [1.807, 2.05) is 0 Å². The van der Waals surface area contributed by atoms with Gasteiger partial charge in [0.1, 0.15) is 0 Å². The van der Waals surface area contributed by atoms with E-state index in [2.05, 4.69) is 17.6 Å². The topological polar surface area (TPSA) is 42.5 Å². The van der Waals surface area contributed by atoms with Crippen LogP contribution >= 0.6 is 12.2 Å². The molecule has 1 saturated heterocycles. The van der Waals surface area contributed by atoms with Crippen molar-refractivity contribution in [3.63, 3.8) is 0 Å². The first-order chi connectivity index (χ1) is 7.16. The van der Waals surface area contributed by atoms with Crippen LogP contribution in [0.1, 0.15) is 19.8 Å². The van der Waals surface area contributed by atoms with E-state index in [9.17, 15) is 0 Å². The van der Waals surface area contributed by atoms with Gasteiger partial charge in [-0.05, 0) is 32.0 Å². The van der Waals surface area contributed by atoms with Crippen LogP contribution in [-0.4, -0.2) is 44.1 Å². The molecule has 0 saturated carbocycles. The van der Waals surface area contributed by atoms with Gasteiger partial charge >= 0.3 is 0 Å². The van der Waals surface area contributed by atoms with Gasteiger partial charge in [0, 0.05) is 20.3 Å². The van der Waals surface area contributed by atoms with Gasteiger partial charge < -0.3 is 20.1 Å². The number of hydrogen-bond acceptors (Lipinski definition) is 3. The highest BCUT2D eigenvalue weighted by atomic mass is 32.1. The fraction of sp³-hybridized carbons (Fsp3) is 0.900. The molecule has 1 heterocycles. The van der Waals surface area contributed by atoms with Crippen LogP contribution in [0, 0.1) is 0 Å². The molecule has 5 heteroatoms. The van der Waals surface area contributed by atoms with E-state index in [-0.39, 0.29) is 5.54 Å². The molecule has 0 aromatic heterocycles. The second-order valence-electron chi connectivity index (χ2n) is 4.09. The number of thiocarbonyl (C=S) groups is 1. The first-order valence-corrected chi connectivity index (χ1v) is 5.70. The Morgan fingerprint density at radius 3 is 3.00 bits per heavy atom. The van der Waals surface area contributed by atoms with Crippen LogP contribution in [0.4, 0.5) is 0 Å². The third kappa shape index (κ3) is 4.77. The quantitative estimate of drug-likeness (QED) is 0.551. The lowest BCUT2D eigenvalue weighted by atomic mass is 9.95. The number of ether oxygens (including phenoxy) is 2. The van der Waals surface area contributed by atoms with Crippen LogP contribution in [0.2, 0.25) is 0 Å². The van der Waals surface area contributed by atoms with Crippen molar-refractivity contribution >= 4 is 17.3 Å². The average molecular weight is 232 g/mol. The maximum Gasteiger partial charge on any atom is 0.166 e. The molecule has 0 spiro atoms. The summed E-state index contributed by atoms with van der Waals surface area (Å²) in [6, 6.07) is 0. The number of rotatable bonds is 4. The smallest absolute Gasteiger partial charge is 0.166 e. The van der Waals surface area contributed by atoms with E-state index in [1.165, 1.54) is 0 Å². The van der Waals surface area contributed by atoms with Gasteiger partial charge in [0.15, 0.2) is 5.11 Å². The summed E-state index contributed by atoms with van der Waals surface area (Å²) in [7, 11) is 1.68. The van der Waals surface area contributed by atoms with Crippen molar-refractivity contribution in [2.24, 2.45) is 0 Å². The van der Waals surface area contributed by atoms with Gasteiger partial charge in [-0.15, -0.1) is 0 Å². The van der Waals surface area contributed by atoms with Gasteiger partial charge in [-0.1, -0.05) is 0 Å². The van der Waals surface area contributed by atoms with Gasteiger partial charge in [-0.2, -0.15) is 0 Å². The lowest BCUT2D eigenvalue weighted by Gasteiger charge is -2.35. The van der Waals surface area contributed by atoms with Crippen molar-refractivity contribution in [1.29, 1.82) is 0 Å². The third-order valence-corrected chi connectivity index (χ3v) is 2.69. The molecule has 4 nitrogen and oxygen atoms in total. The Hall–Kier alpha value is -0.390. The van der Waals surface area contributed by atoms with Gasteiger partial charge in [0.25, 0.3) is 0 Å². The summed E-state index contributed by atoms with van der Waals surface area (Å²) in [6.07, 6.45) is 2.18. The first kappa shape index (κ1) is 12.7. The van der Waals surface area contributed by atoms with E-state index in [0.717, 1.165) is 32.6 Å². The summed E-state index contributed by atoms with van der Waals surface area (Å²) in [5, 5.41) is 7.07. The minimum absolute atomic E-state index is 0.0184. The van der Waals surface area contributed by atoms with Crippen molar-refractivity contribution in [3.8, 4) is 0 Å². The van der Waals surface area contributed by atoms with Crippen LogP contribution in [-0.2, 0) is 9.47 Å². The molecule has 0 aliphatic carbocycles. The van der Waals surface area contributed by atoms with E-state index < -0.39 is 0 Å². The van der Waals surface area contributed by atoms with Crippen molar-refractivity contribution < 1.29 is 9.47 Å². The van der Waals surface area contributed by atoms with E-state index >= 15 is 0 Å². The minimum atomic E-state index is -0.0184. The largest absolute Gasteiger partial charge is 0.383 e. The van der Waals surface area contributed by atoms with Crippen molar-refractivity contribution in [1.82, 2.24) is 10.6 Å². The Morgan fingerprint density at radius 2 is 2.40 bits per heavy atom. The van der Waals surface area contributed by atoms with Gasteiger partial charge in [-0.3, -0.25) is 0 Å². The third-order valence-electron chi connectivity index (χ3n) is 2.44. The molecule has 1 aliphatic heterocycles. The normalized spacial score (nSPS) is 26.0. The van der Waals surface area contributed by atoms with Crippen molar-refractivity contribution in [3.05, 3.63) is 0 Å². The van der Waals surface area contributed by atoms with E-state index in [0.29, 0.717) is 11.7 Å². The molecule has 15 heavy (non-hydrogen) atoms. The molecule has 2 N–H and O–H groups in total. The maximum absolute atomic E-state index is 5.44. The molecule has 1 rings (SSSR count). The number of nitrogens with one attached hydrogen (secondary N) is 2. The molecular weight excluding hydrogens is 212 g/mol. The van der Waals surface area contributed by atoms with Crippen LogP contribution < -0.4 is 10.6 Å². The summed E-state index contributed by atoms with van der Waals surface area (Å²) in [6.45, 7) is 5.12. The second kappa shape index (κ2) is 6.25. The number of hydrogen-bond donors (Lipinski definition) is 2. The second-order valence-corrected chi connectivity index (χ2v) is 4.50. The monoisotopic (exact) mass is 232 g/mol. The zero-order valence-electron chi connectivity index (χ0n) is 9.47. The lowest BCUT2D eigenvalue weighted by molar-refractivity contribution is 0.0370. The lowest BCUT2D eigenvalue weighted by Crippen LogP contribution is -2.54. The number of methoxy groups -OCH3 is 1. The minimum Gasteiger partial charge on any atom is -0.383 e. The zero-order valence-corrected chi connectivity index (χ0v) is 10.3. The Balaban J connectivity index is 2.23. The average Bonchev–Trinajstić information content (AvgIpc) is 2.18. The summed E-state index contributed by atoms with van der Waals surface area (Å²) in [5.41, 5.74) is -0.0184. The van der Waals surface area contributed by atoms with Crippen LogP contribution in [0.25, 0.3) is 0 Å². The summed E-state index contributed by atoms with van der Waals surface area (Å²) in [4.78, 5) is 0. The molecule has 1 aliphatic rings. The van der Waals surface area contributed by atoms with Gasteiger partial charge in [-0.25, -0.2) is 0 Å². The van der Waals surface area contributed by atoms with Crippen molar-refractivity contribution in [2.45, 2.75) is 25.3 Å². The van der Waals surface area contributed by atoms with Gasteiger partial charge in [0.2, 0.25) is 0 Å². The molecule has 0 amide bonds. The molecule has 88 valence electrons. The Kier molecular flexibility index (Phi) is 5.28. The Bertz CT molecular complexity index is 206. The van der Waals surface area contributed by atoms with Crippen LogP contribution in [0.5, 0.6) is 0 Å². The predicted molar refractivity (Wildman–Crippen MR) is 64.1 cm³/mol. The van der Waals surface area contributed by atoms with E-state index in [1.54, 1.807) is 7.11 Å². The molecule has 1 unspecified atom stereocenters. The molecule has 0 radical (unpaired) electrons. The molecule has 0 bridgehead atoms. The summed E-state index contributed by atoms with van der Waals surface area (Å²) >= 11 is 5.19. The fourth-order valence-corrected chi connectivity index (χ4v) is 1.97. The van der Waals surface area contributed by atoms with Crippen LogP contribution in [0.3, 0.4) is 0 Å². The van der Waals surface area contributed by atoms with Crippen molar-refractivity contribution in [2.75, 3.05) is 33.5 Å². The Morgan fingerprint density at radius 1 is 1.60 bits per heavy atom. The van der Waals surface area contributed by atoms with Gasteiger partial charge in [0.05, 0.1) is 18.8 Å². The zero-order chi connectivity index (χ0) is 11.1. The predicted octanol–water partition coefficient (Wildman–Crippen LogP) is 0.666. The molecule has 0 aromatic rings. The highest BCUT2D eigenvalue weighted by Gasteiger charge is 2.27. The summed E-state index contributed by atoms with van der Waals surface area (Å²) in [5.74, 6) is 0.